The van der Waals surface area contributed by atoms with Crippen molar-refractivity contribution < 1.29 is 14.3 Å². The van der Waals surface area contributed by atoms with Crippen molar-refractivity contribution in [2.75, 3.05) is 25.5 Å². The van der Waals surface area contributed by atoms with Crippen LogP contribution in [0.5, 0.6) is 5.75 Å². The number of likely N-dealkylation sites (N-methyl/N-ethyl adjacent to an activating group) is 1. The third kappa shape index (κ3) is 5.24. The molecule has 6 nitrogen and oxygen atoms in total. The molecule has 1 N–H and O–H groups in total. The van der Waals surface area contributed by atoms with Crippen LogP contribution in [0.2, 0.25) is 5.15 Å². The first-order valence-corrected chi connectivity index (χ1v) is 7.67. The van der Waals surface area contributed by atoms with E-state index < -0.39 is 0 Å². The second-order valence-electron chi connectivity index (χ2n) is 5.25. The minimum absolute atomic E-state index is 0.0726. The Morgan fingerprint density at radius 1 is 1.25 bits per heavy atom. The molecule has 0 aliphatic carbocycles. The van der Waals surface area contributed by atoms with Crippen LogP contribution < -0.4 is 10.1 Å². The van der Waals surface area contributed by atoms with E-state index in [9.17, 15) is 9.59 Å². The van der Waals surface area contributed by atoms with Gasteiger partial charge in [0.1, 0.15) is 0 Å². The molecule has 0 bridgehead atoms. The molecule has 0 unspecified atom stereocenters. The quantitative estimate of drug-likeness (QED) is 0.815. The average molecular weight is 348 g/mol. The second kappa shape index (κ2) is 8.31. The van der Waals surface area contributed by atoms with Gasteiger partial charge in [0.2, 0.25) is 5.91 Å². The third-order valence-electron chi connectivity index (χ3n) is 3.22. The Balaban J connectivity index is 1.81. The number of benzene rings is 1. The monoisotopic (exact) mass is 347 g/mol. The number of rotatable bonds is 6. The number of hydrogen-bond acceptors (Lipinski definition) is 4. The number of amides is 2. The molecular weight excluding hydrogens is 330 g/mol. The van der Waals surface area contributed by atoms with E-state index in [4.69, 9.17) is 16.3 Å². The standard InChI is InChI=1S/C17H18ClN3O3/c1-12-5-7-13(8-6-12)20-15(22)10-21(2)16(23)11-24-14-4-3-9-19-17(14)18/h3-9H,10-11H2,1-2H3,(H,20,22). The fourth-order valence-electron chi connectivity index (χ4n) is 1.87. The van der Waals surface area contributed by atoms with Gasteiger partial charge in [-0.25, -0.2) is 4.98 Å². The summed E-state index contributed by atoms with van der Waals surface area (Å²) < 4.78 is 5.32. The summed E-state index contributed by atoms with van der Waals surface area (Å²) in [5.41, 5.74) is 1.79. The Bertz CT molecular complexity index is 719. The SMILES string of the molecule is Cc1ccc(NC(=O)CN(C)C(=O)COc2cccnc2Cl)cc1. The highest BCUT2D eigenvalue weighted by atomic mass is 35.5. The molecule has 24 heavy (non-hydrogen) atoms. The average Bonchev–Trinajstić information content (AvgIpc) is 2.56. The summed E-state index contributed by atoms with van der Waals surface area (Å²) >= 11 is 5.85. The summed E-state index contributed by atoms with van der Waals surface area (Å²) in [7, 11) is 1.53. The highest BCUT2D eigenvalue weighted by Gasteiger charge is 2.14. The number of halogens is 1. The number of nitrogens with zero attached hydrogens (tertiary/aromatic N) is 2. The first-order chi connectivity index (χ1) is 11.5. The van der Waals surface area contributed by atoms with Crippen LogP contribution in [0.4, 0.5) is 5.69 Å². The van der Waals surface area contributed by atoms with Crippen LogP contribution in [0.1, 0.15) is 5.56 Å². The van der Waals surface area contributed by atoms with E-state index in [1.54, 1.807) is 12.1 Å². The van der Waals surface area contributed by atoms with Crippen molar-refractivity contribution in [3.63, 3.8) is 0 Å². The predicted molar refractivity (Wildman–Crippen MR) is 92.2 cm³/mol. The molecule has 7 heteroatoms. The lowest BCUT2D eigenvalue weighted by Gasteiger charge is -2.17. The van der Waals surface area contributed by atoms with E-state index in [2.05, 4.69) is 10.3 Å². The van der Waals surface area contributed by atoms with Crippen LogP contribution in [0.3, 0.4) is 0 Å². The molecule has 0 aliphatic heterocycles. The number of ether oxygens (including phenoxy) is 1. The zero-order valence-electron chi connectivity index (χ0n) is 13.5. The number of carbonyl (C=O) groups is 2. The van der Waals surface area contributed by atoms with Gasteiger partial charge in [0.25, 0.3) is 5.91 Å². The molecule has 0 spiro atoms. The summed E-state index contributed by atoms with van der Waals surface area (Å²) in [4.78, 5) is 29.1. The molecule has 126 valence electrons. The molecule has 1 heterocycles. The zero-order valence-corrected chi connectivity index (χ0v) is 14.2. The first-order valence-electron chi connectivity index (χ1n) is 7.29. The Hall–Kier alpha value is -2.60. The molecule has 0 saturated heterocycles. The fourth-order valence-corrected chi connectivity index (χ4v) is 2.04. The summed E-state index contributed by atoms with van der Waals surface area (Å²) in [6, 6.07) is 10.7. The zero-order chi connectivity index (χ0) is 17.5. The molecule has 2 amide bonds. The molecule has 0 aliphatic rings. The van der Waals surface area contributed by atoms with Gasteiger partial charge in [-0.1, -0.05) is 29.3 Å². The third-order valence-corrected chi connectivity index (χ3v) is 3.50. The lowest BCUT2D eigenvalue weighted by molar-refractivity contribution is -0.135. The van der Waals surface area contributed by atoms with Gasteiger partial charge in [-0.05, 0) is 31.2 Å². The van der Waals surface area contributed by atoms with E-state index in [1.165, 1.54) is 18.1 Å². The van der Waals surface area contributed by atoms with Crippen LogP contribution in [0, 0.1) is 6.92 Å². The smallest absolute Gasteiger partial charge is 0.260 e. The Morgan fingerprint density at radius 2 is 1.96 bits per heavy atom. The molecule has 0 atom stereocenters. The predicted octanol–water partition coefficient (Wildman–Crippen LogP) is 2.52. The van der Waals surface area contributed by atoms with Crippen LogP contribution >= 0.6 is 11.6 Å². The van der Waals surface area contributed by atoms with Gasteiger partial charge < -0.3 is 15.0 Å². The van der Waals surface area contributed by atoms with E-state index >= 15 is 0 Å². The fraction of sp³-hybridized carbons (Fsp3) is 0.235. The maximum atomic E-state index is 12.0. The molecule has 2 aromatic rings. The maximum absolute atomic E-state index is 12.0. The van der Waals surface area contributed by atoms with Gasteiger partial charge in [0, 0.05) is 18.9 Å². The van der Waals surface area contributed by atoms with Gasteiger partial charge in [-0.3, -0.25) is 9.59 Å². The Labute approximate surface area is 145 Å². The number of nitrogens with one attached hydrogen (secondary N) is 1. The molecule has 2 rings (SSSR count). The van der Waals surface area contributed by atoms with Crippen molar-refractivity contribution in [1.29, 1.82) is 0 Å². The van der Waals surface area contributed by atoms with Crippen molar-refractivity contribution in [3.05, 3.63) is 53.3 Å². The lowest BCUT2D eigenvalue weighted by Crippen LogP contribution is -2.37. The van der Waals surface area contributed by atoms with Crippen molar-refractivity contribution in [2.24, 2.45) is 0 Å². The summed E-state index contributed by atoms with van der Waals surface area (Å²) in [5.74, 6) is -0.298. The minimum atomic E-state index is -0.339. The van der Waals surface area contributed by atoms with Crippen LogP contribution in [-0.4, -0.2) is 41.9 Å². The lowest BCUT2D eigenvalue weighted by atomic mass is 10.2. The van der Waals surface area contributed by atoms with E-state index in [-0.39, 0.29) is 30.1 Å². The topological polar surface area (TPSA) is 71.5 Å². The first kappa shape index (κ1) is 17.7. The second-order valence-corrected chi connectivity index (χ2v) is 5.60. The summed E-state index contributed by atoms with van der Waals surface area (Å²) in [6.45, 7) is 1.67. The van der Waals surface area contributed by atoms with Gasteiger partial charge in [-0.2, -0.15) is 0 Å². The number of anilines is 1. The summed E-state index contributed by atoms with van der Waals surface area (Å²) in [6.07, 6.45) is 1.53. The van der Waals surface area contributed by atoms with Crippen LogP contribution in [0.15, 0.2) is 42.6 Å². The normalized spacial score (nSPS) is 10.1. The maximum Gasteiger partial charge on any atom is 0.260 e. The minimum Gasteiger partial charge on any atom is -0.481 e. The van der Waals surface area contributed by atoms with E-state index in [0.29, 0.717) is 11.4 Å². The summed E-state index contributed by atoms with van der Waals surface area (Å²) in [5, 5.41) is 2.92. The molecular formula is C17H18ClN3O3. The highest BCUT2D eigenvalue weighted by Crippen LogP contribution is 2.20. The van der Waals surface area contributed by atoms with E-state index in [1.807, 2.05) is 31.2 Å². The van der Waals surface area contributed by atoms with Crippen molar-refractivity contribution in [1.82, 2.24) is 9.88 Å². The molecule has 0 fully saturated rings. The number of hydrogen-bond donors (Lipinski definition) is 1. The van der Waals surface area contributed by atoms with E-state index in [0.717, 1.165) is 5.56 Å². The highest BCUT2D eigenvalue weighted by molar-refractivity contribution is 6.30. The molecule has 1 aromatic carbocycles. The number of carbonyl (C=O) groups excluding carboxylic acids is 2. The van der Waals surface area contributed by atoms with Crippen molar-refractivity contribution in [2.45, 2.75) is 6.92 Å². The van der Waals surface area contributed by atoms with Gasteiger partial charge in [0.15, 0.2) is 17.5 Å². The molecule has 1 aromatic heterocycles. The van der Waals surface area contributed by atoms with Crippen molar-refractivity contribution >= 4 is 29.1 Å². The largest absolute Gasteiger partial charge is 0.481 e. The van der Waals surface area contributed by atoms with Gasteiger partial charge in [0.05, 0.1) is 6.54 Å². The number of pyridine rings is 1. The Morgan fingerprint density at radius 3 is 2.62 bits per heavy atom. The van der Waals surface area contributed by atoms with Crippen LogP contribution in [0.25, 0.3) is 0 Å². The molecule has 0 radical (unpaired) electrons. The number of aromatic nitrogens is 1. The van der Waals surface area contributed by atoms with Gasteiger partial charge in [-0.15, -0.1) is 0 Å². The number of aryl methyl sites for hydroxylation is 1. The van der Waals surface area contributed by atoms with Gasteiger partial charge >= 0.3 is 0 Å². The Kier molecular flexibility index (Phi) is 6.14. The van der Waals surface area contributed by atoms with Crippen molar-refractivity contribution in [3.8, 4) is 5.75 Å². The molecule has 0 saturated carbocycles. The van der Waals surface area contributed by atoms with Crippen LogP contribution in [-0.2, 0) is 9.59 Å².